The van der Waals surface area contributed by atoms with Crippen molar-refractivity contribution < 1.29 is 22.7 Å². The summed E-state index contributed by atoms with van der Waals surface area (Å²) in [6, 6.07) is 31.0. The summed E-state index contributed by atoms with van der Waals surface area (Å²) < 4.78 is 32.9. The number of para-hydroxylation sites is 1. The van der Waals surface area contributed by atoms with Crippen LogP contribution in [0.2, 0.25) is 5.02 Å². The van der Waals surface area contributed by atoms with E-state index in [4.69, 9.17) is 16.3 Å². The summed E-state index contributed by atoms with van der Waals surface area (Å²) in [6.45, 7) is 3.25. The van der Waals surface area contributed by atoms with Gasteiger partial charge in [-0.2, -0.15) is 0 Å². The van der Waals surface area contributed by atoms with Crippen LogP contribution in [-0.2, 0) is 32.6 Å². The summed E-state index contributed by atoms with van der Waals surface area (Å²) >= 11 is 6.10. The van der Waals surface area contributed by atoms with E-state index >= 15 is 0 Å². The van der Waals surface area contributed by atoms with Crippen LogP contribution in [0.25, 0.3) is 0 Å². The Morgan fingerprint density at radius 3 is 1.93 bits per heavy atom. The number of hydrogen-bond acceptors (Lipinski definition) is 5. The molecule has 0 bridgehead atoms. The van der Waals surface area contributed by atoms with Crippen molar-refractivity contribution in [2.45, 2.75) is 38.9 Å². The highest BCUT2D eigenvalue weighted by atomic mass is 35.5. The number of halogens is 1. The van der Waals surface area contributed by atoms with Crippen molar-refractivity contribution >= 4 is 39.1 Å². The van der Waals surface area contributed by atoms with Crippen molar-refractivity contribution in [3.05, 3.63) is 125 Å². The molecular weight excluding hydrogens is 598 g/mol. The third-order valence-electron chi connectivity index (χ3n) is 6.75. The average Bonchev–Trinajstić information content (AvgIpc) is 2.99. The lowest BCUT2D eigenvalue weighted by atomic mass is 10.0. The minimum Gasteiger partial charge on any atom is -0.457 e. The van der Waals surface area contributed by atoms with Gasteiger partial charge in [0.15, 0.2) is 0 Å². The molecule has 0 heterocycles. The van der Waals surface area contributed by atoms with E-state index in [2.05, 4.69) is 5.32 Å². The Hall–Kier alpha value is -4.34. The van der Waals surface area contributed by atoms with E-state index in [0.29, 0.717) is 22.2 Å². The zero-order valence-electron chi connectivity index (χ0n) is 24.9. The highest BCUT2D eigenvalue weighted by Gasteiger charge is 2.33. The molecule has 0 unspecified atom stereocenters. The summed E-state index contributed by atoms with van der Waals surface area (Å²) in [5.41, 5.74) is 1.89. The zero-order chi connectivity index (χ0) is 31.7. The second-order valence-electron chi connectivity index (χ2n) is 10.7. The van der Waals surface area contributed by atoms with Crippen LogP contribution in [0.15, 0.2) is 109 Å². The van der Waals surface area contributed by atoms with Gasteiger partial charge in [-0.15, -0.1) is 0 Å². The SMILES string of the molecule is CC(C)NC(=O)[C@@H](Cc1ccccc1)N(Cc1ccc(Cl)cc1)C(=O)CN(c1ccc(Oc2ccccc2)cc1)S(C)(=O)=O. The smallest absolute Gasteiger partial charge is 0.244 e. The summed E-state index contributed by atoms with van der Waals surface area (Å²) in [5, 5.41) is 3.47. The molecule has 44 heavy (non-hydrogen) atoms. The molecule has 10 heteroatoms. The third kappa shape index (κ3) is 9.33. The van der Waals surface area contributed by atoms with E-state index in [0.717, 1.165) is 21.7 Å². The van der Waals surface area contributed by atoms with Crippen LogP contribution in [0.1, 0.15) is 25.0 Å². The van der Waals surface area contributed by atoms with Crippen LogP contribution in [-0.4, -0.2) is 50.0 Å². The maximum Gasteiger partial charge on any atom is 0.244 e. The van der Waals surface area contributed by atoms with E-state index in [1.54, 1.807) is 48.5 Å². The Bertz CT molecular complexity index is 1630. The minimum absolute atomic E-state index is 0.0699. The minimum atomic E-state index is -3.89. The standard InChI is InChI=1S/C34H36ClN3O5S/c1-25(2)36-34(40)32(22-26-10-6-4-7-11-26)37(23-27-14-16-28(35)17-15-27)33(39)24-38(44(3,41)42)29-18-20-31(21-19-29)43-30-12-8-5-9-13-30/h4-21,25,32H,22-24H2,1-3H3,(H,36,40)/t32-/m1/s1. The number of nitrogens with zero attached hydrogens (tertiary/aromatic N) is 2. The van der Waals surface area contributed by atoms with Gasteiger partial charge in [-0.3, -0.25) is 13.9 Å². The molecule has 1 N–H and O–H groups in total. The average molecular weight is 634 g/mol. The van der Waals surface area contributed by atoms with Crippen molar-refractivity contribution in [3.8, 4) is 11.5 Å². The third-order valence-corrected chi connectivity index (χ3v) is 8.14. The molecule has 0 saturated heterocycles. The monoisotopic (exact) mass is 633 g/mol. The lowest BCUT2D eigenvalue weighted by Crippen LogP contribution is -2.54. The molecule has 0 aliphatic heterocycles. The van der Waals surface area contributed by atoms with Crippen LogP contribution in [0.3, 0.4) is 0 Å². The summed E-state index contributed by atoms with van der Waals surface area (Å²) in [5.74, 6) is 0.282. The fourth-order valence-corrected chi connectivity index (χ4v) is 5.62. The topological polar surface area (TPSA) is 96.0 Å². The molecule has 0 aliphatic rings. The number of nitrogens with one attached hydrogen (secondary N) is 1. The second-order valence-corrected chi connectivity index (χ2v) is 13.0. The van der Waals surface area contributed by atoms with Gasteiger partial charge in [-0.05, 0) is 73.5 Å². The van der Waals surface area contributed by atoms with Gasteiger partial charge in [0.2, 0.25) is 21.8 Å². The molecule has 2 amide bonds. The van der Waals surface area contributed by atoms with Crippen molar-refractivity contribution in [1.29, 1.82) is 0 Å². The Labute approximate surface area is 264 Å². The van der Waals surface area contributed by atoms with E-state index in [1.807, 2.05) is 74.5 Å². The molecule has 230 valence electrons. The molecule has 0 aliphatic carbocycles. The molecule has 0 aromatic heterocycles. The fourth-order valence-electron chi connectivity index (χ4n) is 4.64. The number of rotatable bonds is 13. The van der Waals surface area contributed by atoms with Crippen LogP contribution in [0.5, 0.6) is 11.5 Å². The highest BCUT2D eigenvalue weighted by Crippen LogP contribution is 2.26. The molecule has 0 saturated carbocycles. The van der Waals surface area contributed by atoms with Gasteiger partial charge in [-0.1, -0.05) is 72.3 Å². The van der Waals surface area contributed by atoms with E-state index < -0.39 is 28.5 Å². The first-order valence-electron chi connectivity index (χ1n) is 14.2. The molecular formula is C34H36ClN3O5S. The quantitative estimate of drug-likeness (QED) is 0.193. The van der Waals surface area contributed by atoms with Crippen LogP contribution in [0, 0.1) is 0 Å². The maximum atomic E-state index is 14.2. The number of hydrogen-bond donors (Lipinski definition) is 1. The van der Waals surface area contributed by atoms with Crippen LogP contribution < -0.4 is 14.4 Å². The van der Waals surface area contributed by atoms with Crippen molar-refractivity contribution in [3.63, 3.8) is 0 Å². The number of carbonyl (C=O) groups is 2. The van der Waals surface area contributed by atoms with Crippen molar-refractivity contribution in [2.24, 2.45) is 0 Å². The summed E-state index contributed by atoms with van der Waals surface area (Å²) in [6.07, 6.45) is 1.29. The first kappa shape index (κ1) is 32.6. The molecule has 4 aromatic rings. The molecule has 4 rings (SSSR count). The van der Waals surface area contributed by atoms with Gasteiger partial charge in [-0.25, -0.2) is 8.42 Å². The molecule has 0 radical (unpaired) electrons. The van der Waals surface area contributed by atoms with Crippen molar-refractivity contribution in [2.75, 3.05) is 17.1 Å². The Kier molecular flexibility index (Phi) is 11.0. The van der Waals surface area contributed by atoms with Gasteiger partial charge >= 0.3 is 0 Å². The number of amides is 2. The Balaban J connectivity index is 1.67. The molecule has 8 nitrogen and oxygen atoms in total. The predicted octanol–water partition coefficient (Wildman–Crippen LogP) is 6.06. The van der Waals surface area contributed by atoms with Gasteiger partial charge in [0.25, 0.3) is 0 Å². The summed E-state index contributed by atoms with van der Waals surface area (Å²) in [7, 11) is -3.89. The maximum absolute atomic E-state index is 14.2. The van der Waals surface area contributed by atoms with E-state index in [1.165, 1.54) is 4.90 Å². The zero-order valence-corrected chi connectivity index (χ0v) is 26.5. The van der Waals surface area contributed by atoms with Gasteiger partial charge in [0.05, 0.1) is 11.9 Å². The summed E-state index contributed by atoms with van der Waals surface area (Å²) in [4.78, 5) is 29.2. The molecule has 4 aromatic carbocycles. The lowest BCUT2D eigenvalue weighted by molar-refractivity contribution is -0.140. The highest BCUT2D eigenvalue weighted by molar-refractivity contribution is 7.92. The van der Waals surface area contributed by atoms with Crippen LogP contribution >= 0.6 is 11.6 Å². The van der Waals surface area contributed by atoms with Crippen LogP contribution in [0.4, 0.5) is 5.69 Å². The molecule has 0 spiro atoms. The Morgan fingerprint density at radius 1 is 0.795 bits per heavy atom. The normalized spacial score (nSPS) is 11.9. The Morgan fingerprint density at radius 2 is 1.36 bits per heavy atom. The first-order valence-corrected chi connectivity index (χ1v) is 16.4. The van der Waals surface area contributed by atoms with Gasteiger partial charge in [0.1, 0.15) is 24.1 Å². The first-order chi connectivity index (χ1) is 21.0. The molecule has 0 fully saturated rings. The second kappa shape index (κ2) is 14.9. The lowest BCUT2D eigenvalue weighted by Gasteiger charge is -2.34. The number of ether oxygens (including phenoxy) is 1. The fraction of sp³-hybridized carbons (Fsp3) is 0.235. The van der Waals surface area contributed by atoms with E-state index in [-0.39, 0.29) is 24.9 Å². The number of benzene rings is 4. The number of sulfonamides is 1. The molecule has 1 atom stereocenters. The largest absolute Gasteiger partial charge is 0.457 e. The van der Waals surface area contributed by atoms with E-state index in [9.17, 15) is 18.0 Å². The number of anilines is 1. The van der Waals surface area contributed by atoms with Gasteiger partial charge in [0, 0.05) is 24.0 Å². The predicted molar refractivity (Wildman–Crippen MR) is 174 cm³/mol. The number of carbonyl (C=O) groups excluding carboxylic acids is 2. The van der Waals surface area contributed by atoms with Gasteiger partial charge < -0.3 is 15.0 Å². The van der Waals surface area contributed by atoms with Crippen molar-refractivity contribution in [1.82, 2.24) is 10.2 Å².